The van der Waals surface area contributed by atoms with Gasteiger partial charge in [-0.3, -0.25) is 4.79 Å². The van der Waals surface area contributed by atoms with Crippen LogP contribution in [0.4, 0.5) is 0 Å². The molecule has 0 saturated carbocycles. The van der Waals surface area contributed by atoms with Gasteiger partial charge in [-0.25, -0.2) is 9.97 Å². The summed E-state index contributed by atoms with van der Waals surface area (Å²) in [7, 11) is 0. The molecule has 0 bridgehead atoms. The molecule has 0 aliphatic rings. The number of hydrogen-bond donors (Lipinski definition) is 1. The Kier molecular flexibility index (Phi) is 3.88. The molecule has 0 fully saturated rings. The molecule has 0 spiro atoms. The summed E-state index contributed by atoms with van der Waals surface area (Å²) in [5.41, 5.74) is 4.21. The van der Waals surface area contributed by atoms with Gasteiger partial charge in [0, 0.05) is 29.1 Å². The standard InChI is InChI=1S/C15H19N3O2/c1-8-7-20-11(4)14(8)15(19)16-6-13-9(2)17-12(5)18-10(13)3/h7H,6H2,1-5H3,(H,16,19). The van der Waals surface area contributed by atoms with Crippen molar-refractivity contribution >= 4 is 5.91 Å². The van der Waals surface area contributed by atoms with Gasteiger partial charge in [0.15, 0.2) is 0 Å². The SMILES string of the molecule is Cc1nc(C)c(CNC(=O)c2c(C)coc2C)c(C)n1. The number of nitrogens with one attached hydrogen (secondary N) is 1. The maximum Gasteiger partial charge on any atom is 0.255 e. The van der Waals surface area contributed by atoms with E-state index in [0.29, 0.717) is 17.9 Å². The highest BCUT2D eigenvalue weighted by Gasteiger charge is 2.16. The first kappa shape index (κ1) is 14.2. The van der Waals surface area contributed by atoms with Gasteiger partial charge in [-0.2, -0.15) is 0 Å². The Morgan fingerprint density at radius 1 is 1.15 bits per heavy atom. The topological polar surface area (TPSA) is 68.0 Å². The monoisotopic (exact) mass is 273 g/mol. The van der Waals surface area contributed by atoms with Crippen LogP contribution in [0.5, 0.6) is 0 Å². The summed E-state index contributed by atoms with van der Waals surface area (Å²) in [5, 5.41) is 2.91. The second-order valence-corrected chi connectivity index (χ2v) is 4.95. The first-order valence-corrected chi connectivity index (χ1v) is 6.53. The molecule has 0 aliphatic heterocycles. The van der Waals surface area contributed by atoms with Crippen molar-refractivity contribution in [3.05, 3.63) is 45.9 Å². The Labute approximate surface area is 118 Å². The van der Waals surface area contributed by atoms with Crippen LogP contribution >= 0.6 is 0 Å². The zero-order valence-electron chi connectivity index (χ0n) is 12.5. The van der Waals surface area contributed by atoms with E-state index in [-0.39, 0.29) is 5.91 Å². The summed E-state index contributed by atoms with van der Waals surface area (Å²) < 4.78 is 5.25. The Morgan fingerprint density at radius 2 is 1.75 bits per heavy atom. The Hall–Kier alpha value is -2.17. The molecule has 5 nitrogen and oxygen atoms in total. The molecule has 1 N–H and O–H groups in total. The maximum absolute atomic E-state index is 12.2. The lowest BCUT2D eigenvalue weighted by Gasteiger charge is -2.11. The molecule has 0 aliphatic carbocycles. The molecule has 0 radical (unpaired) electrons. The van der Waals surface area contributed by atoms with Crippen molar-refractivity contribution in [1.82, 2.24) is 15.3 Å². The lowest BCUT2D eigenvalue weighted by Crippen LogP contribution is -2.25. The largest absolute Gasteiger partial charge is 0.469 e. The van der Waals surface area contributed by atoms with Gasteiger partial charge in [0.05, 0.1) is 11.8 Å². The smallest absolute Gasteiger partial charge is 0.255 e. The molecule has 2 aromatic rings. The van der Waals surface area contributed by atoms with Crippen molar-refractivity contribution < 1.29 is 9.21 Å². The van der Waals surface area contributed by atoms with Crippen LogP contribution < -0.4 is 5.32 Å². The van der Waals surface area contributed by atoms with Gasteiger partial charge in [0.2, 0.25) is 0 Å². The highest BCUT2D eigenvalue weighted by molar-refractivity contribution is 5.96. The highest BCUT2D eigenvalue weighted by atomic mass is 16.3. The molecule has 20 heavy (non-hydrogen) atoms. The predicted octanol–water partition coefficient (Wildman–Crippen LogP) is 2.54. The summed E-state index contributed by atoms with van der Waals surface area (Å²) in [4.78, 5) is 20.9. The number of furan rings is 1. The number of aromatic nitrogens is 2. The minimum absolute atomic E-state index is 0.131. The third-order valence-corrected chi connectivity index (χ3v) is 3.34. The molecule has 0 unspecified atom stereocenters. The fraction of sp³-hybridized carbons (Fsp3) is 0.400. The van der Waals surface area contributed by atoms with E-state index in [2.05, 4.69) is 15.3 Å². The van der Waals surface area contributed by atoms with E-state index >= 15 is 0 Å². The Morgan fingerprint density at radius 3 is 2.25 bits per heavy atom. The van der Waals surface area contributed by atoms with Gasteiger partial charge < -0.3 is 9.73 Å². The van der Waals surface area contributed by atoms with E-state index in [1.807, 2.05) is 27.7 Å². The summed E-state index contributed by atoms with van der Waals surface area (Å²) >= 11 is 0. The third-order valence-electron chi connectivity index (χ3n) is 3.34. The fourth-order valence-electron chi connectivity index (χ4n) is 2.33. The molecule has 5 heteroatoms. The molecule has 0 aromatic carbocycles. The summed E-state index contributed by atoms with van der Waals surface area (Å²) in [6.45, 7) is 9.78. The van der Waals surface area contributed by atoms with Gasteiger partial charge in [0.25, 0.3) is 5.91 Å². The number of amides is 1. The predicted molar refractivity (Wildman–Crippen MR) is 75.6 cm³/mol. The first-order chi connectivity index (χ1) is 9.40. The van der Waals surface area contributed by atoms with E-state index in [4.69, 9.17) is 4.42 Å². The van der Waals surface area contributed by atoms with Crippen LogP contribution in [-0.2, 0) is 6.54 Å². The summed E-state index contributed by atoms with van der Waals surface area (Å²) in [6, 6.07) is 0. The van der Waals surface area contributed by atoms with Gasteiger partial charge >= 0.3 is 0 Å². The molecular weight excluding hydrogens is 254 g/mol. The van der Waals surface area contributed by atoms with Crippen LogP contribution in [0, 0.1) is 34.6 Å². The number of rotatable bonds is 3. The molecular formula is C15H19N3O2. The lowest BCUT2D eigenvalue weighted by molar-refractivity contribution is 0.0948. The number of hydrogen-bond acceptors (Lipinski definition) is 4. The van der Waals surface area contributed by atoms with Crippen molar-refractivity contribution in [2.24, 2.45) is 0 Å². The normalized spacial score (nSPS) is 10.7. The Bertz CT molecular complexity index is 617. The van der Waals surface area contributed by atoms with Crippen LogP contribution in [0.2, 0.25) is 0 Å². The third kappa shape index (κ3) is 2.71. The van der Waals surface area contributed by atoms with E-state index in [0.717, 1.165) is 28.3 Å². The maximum atomic E-state index is 12.2. The summed E-state index contributed by atoms with van der Waals surface area (Å²) in [6.07, 6.45) is 1.59. The van der Waals surface area contributed by atoms with Crippen molar-refractivity contribution in [2.75, 3.05) is 0 Å². The molecule has 0 saturated heterocycles. The van der Waals surface area contributed by atoms with Crippen LogP contribution in [-0.4, -0.2) is 15.9 Å². The lowest BCUT2D eigenvalue weighted by atomic mass is 10.1. The number of nitrogens with zero attached hydrogens (tertiary/aromatic N) is 2. The molecule has 2 rings (SSSR count). The van der Waals surface area contributed by atoms with Crippen LogP contribution in [0.1, 0.15) is 44.5 Å². The second kappa shape index (κ2) is 5.45. The Balaban J connectivity index is 2.16. The van der Waals surface area contributed by atoms with Crippen LogP contribution in [0.15, 0.2) is 10.7 Å². The molecule has 106 valence electrons. The molecule has 0 atom stereocenters. The second-order valence-electron chi connectivity index (χ2n) is 4.95. The van der Waals surface area contributed by atoms with Crippen molar-refractivity contribution in [1.29, 1.82) is 0 Å². The fourth-order valence-corrected chi connectivity index (χ4v) is 2.33. The van der Waals surface area contributed by atoms with Gasteiger partial charge in [-0.1, -0.05) is 0 Å². The zero-order valence-corrected chi connectivity index (χ0v) is 12.5. The quantitative estimate of drug-likeness (QED) is 0.933. The average molecular weight is 273 g/mol. The van der Waals surface area contributed by atoms with Crippen LogP contribution in [0.3, 0.4) is 0 Å². The van der Waals surface area contributed by atoms with E-state index in [9.17, 15) is 4.79 Å². The van der Waals surface area contributed by atoms with Crippen molar-refractivity contribution in [3.63, 3.8) is 0 Å². The molecule has 1 amide bonds. The highest BCUT2D eigenvalue weighted by Crippen LogP contribution is 2.16. The molecule has 2 heterocycles. The van der Waals surface area contributed by atoms with E-state index < -0.39 is 0 Å². The van der Waals surface area contributed by atoms with Gasteiger partial charge in [0.1, 0.15) is 11.6 Å². The minimum atomic E-state index is -0.131. The summed E-state index contributed by atoms with van der Waals surface area (Å²) in [5.74, 6) is 1.25. The van der Waals surface area contributed by atoms with E-state index in [1.165, 1.54) is 0 Å². The van der Waals surface area contributed by atoms with Crippen molar-refractivity contribution in [2.45, 2.75) is 41.2 Å². The first-order valence-electron chi connectivity index (χ1n) is 6.53. The zero-order chi connectivity index (χ0) is 14.9. The molecule has 2 aromatic heterocycles. The van der Waals surface area contributed by atoms with Crippen LogP contribution in [0.25, 0.3) is 0 Å². The van der Waals surface area contributed by atoms with E-state index in [1.54, 1.807) is 13.2 Å². The van der Waals surface area contributed by atoms with Gasteiger partial charge in [-0.05, 0) is 34.6 Å². The minimum Gasteiger partial charge on any atom is -0.469 e. The number of carbonyl (C=O) groups is 1. The number of carbonyl (C=O) groups excluding carboxylic acids is 1. The average Bonchev–Trinajstić information content (AvgIpc) is 2.67. The van der Waals surface area contributed by atoms with Crippen molar-refractivity contribution in [3.8, 4) is 0 Å². The van der Waals surface area contributed by atoms with Gasteiger partial charge in [-0.15, -0.1) is 0 Å². The number of aryl methyl sites for hydroxylation is 5.